The van der Waals surface area contributed by atoms with Crippen molar-refractivity contribution < 1.29 is 40.6 Å². The fourth-order valence-corrected chi connectivity index (χ4v) is 9.84. The summed E-state index contributed by atoms with van der Waals surface area (Å²) < 4.78 is 91.9. The number of hydrogen-bond acceptors (Lipinski definition) is 11. The second-order valence-corrected chi connectivity index (χ2v) is 18.7. The molecule has 0 saturated carbocycles. The molecule has 0 radical (unpaired) electrons. The van der Waals surface area contributed by atoms with E-state index in [2.05, 4.69) is 20.6 Å². The third kappa shape index (κ3) is 13.6. The lowest BCUT2D eigenvalue weighted by molar-refractivity contribution is -0.0668. The summed E-state index contributed by atoms with van der Waals surface area (Å²) in [5.41, 5.74) is 2.10. The van der Waals surface area contributed by atoms with Crippen LogP contribution in [0.2, 0.25) is 0 Å². The number of aromatic nitrogens is 2. The molecule has 2 fully saturated rings. The van der Waals surface area contributed by atoms with Crippen molar-refractivity contribution in [3.05, 3.63) is 119 Å². The highest BCUT2D eigenvalue weighted by atomic mass is 32.2. The van der Waals surface area contributed by atoms with Crippen molar-refractivity contribution in [1.29, 1.82) is 0 Å². The van der Waals surface area contributed by atoms with E-state index in [1.54, 1.807) is 24.5 Å². The smallest absolute Gasteiger partial charge is 0.319 e. The minimum absolute atomic E-state index is 0.187. The molecule has 6 rings (SSSR count). The summed E-state index contributed by atoms with van der Waals surface area (Å²) in [6.07, 6.45) is 9.52. The van der Waals surface area contributed by atoms with Gasteiger partial charge < -0.3 is 29.2 Å². The Balaban J connectivity index is 0.742. The van der Waals surface area contributed by atoms with Gasteiger partial charge in [-0.25, -0.2) is 17.6 Å². The van der Waals surface area contributed by atoms with Crippen LogP contribution in [0.25, 0.3) is 0 Å². The zero-order chi connectivity index (χ0) is 42.0. The lowest BCUT2D eigenvalue weighted by Gasteiger charge is -2.42. The van der Waals surface area contributed by atoms with E-state index in [0.29, 0.717) is 86.6 Å². The van der Waals surface area contributed by atoms with Crippen LogP contribution in [0.4, 0.5) is 17.6 Å². The van der Waals surface area contributed by atoms with E-state index in [4.69, 9.17) is 18.5 Å². The molecule has 4 aromatic rings. The standard InChI is InChI=1S/C44H55F4N4O5PS2/c45-37-13-3-1-11-35(37)43(29-54-30-43)15-5-7-21-59-41-27-51-33(23-39(41)47)25-49-17-9-19-56-58(53)57-20-10-18-50-26-34-24-40(48)42(28-52-34)60-22-8-6-16-44(31-55-32-44)36-12-2-4-14-38(36)46/h1-4,11-14,23-24,27-28,49-50,58H,5-10,15-22,25-26,29-32H2. The highest BCUT2D eigenvalue weighted by Crippen LogP contribution is 2.40. The summed E-state index contributed by atoms with van der Waals surface area (Å²) in [6.45, 7) is 4.56. The van der Waals surface area contributed by atoms with Crippen LogP contribution in [0.5, 0.6) is 0 Å². The van der Waals surface area contributed by atoms with Crippen LogP contribution >= 0.6 is 31.8 Å². The van der Waals surface area contributed by atoms with Crippen molar-refractivity contribution in [2.45, 2.75) is 85.1 Å². The molecule has 60 heavy (non-hydrogen) atoms. The highest BCUT2D eigenvalue weighted by molar-refractivity contribution is 7.99. The summed E-state index contributed by atoms with van der Waals surface area (Å²) >= 11 is 2.87. The molecule has 0 unspecified atom stereocenters. The molecule has 0 amide bonds. The molecule has 0 bridgehead atoms. The average Bonchev–Trinajstić information content (AvgIpc) is 3.21. The Morgan fingerprint density at radius 1 is 0.617 bits per heavy atom. The van der Waals surface area contributed by atoms with E-state index >= 15 is 0 Å². The fourth-order valence-electron chi connectivity index (χ4n) is 7.35. The summed E-state index contributed by atoms with van der Waals surface area (Å²) in [5, 5.41) is 6.41. The zero-order valence-electron chi connectivity index (χ0n) is 33.8. The molecule has 326 valence electrons. The number of nitrogens with one attached hydrogen (secondary N) is 2. The molecular weight excluding hydrogens is 836 g/mol. The summed E-state index contributed by atoms with van der Waals surface area (Å²) in [7, 11) is -2.63. The lowest BCUT2D eigenvalue weighted by Crippen LogP contribution is -2.47. The number of rotatable bonds is 28. The van der Waals surface area contributed by atoms with Crippen molar-refractivity contribution in [3.63, 3.8) is 0 Å². The number of thioether (sulfide) groups is 2. The first-order chi connectivity index (χ1) is 29.3. The quantitative estimate of drug-likeness (QED) is 0.0247. The summed E-state index contributed by atoms with van der Waals surface area (Å²) in [5.74, 6) is 0.504. The maximum atomic E-state index is 14.8. The van der Waals surface area contributed by atoms with Crippen molar-refractivity contribution in [2.24, 2.45) is 0 Å². The maximum absolute atomic E-state index is 14.8. The first-order valence-corrected chi connectivity index (χ1v) is 23.9. The van der Waals surface area contributed by atoms with Gasteiger partial charge in [-0.3, -0.25) is 14.5 Å². The first kappa shape index (κ1) is 46.6. The van der Waals surface area contributed by atoms with Crippen molar-refractivity contribution in [1.82, 2.24) is 20.6 Å². The largest absolute Gasteiger partial charge is 0.379 e. The van der Waals surface area contributed by atoms with Crippen molar-refractivity contribution in [2.75, 3.05) is 64.2 Å². The van der Waals surface area contributed by atoms with Crippen LogP contribution in [0.1, 0.15) is 73.9 Å². The number of nitrogens with zero attached hydrogens (tertiary/aromatic N) is 2. The normalized spacial score (nSPS) is 15.6. The van der Waals surface area contributed by atoms with E-state index in [1.807, 2.05) is 24.3 Å². The third-order valence-electron chi connectivity index (χ3n) is 10.8. The van der Waals surface area contributed by atoms with Gasteiger partial charge in [-0.05, 0) is 98.5 Å². The Morgan fingerprint density at radius 3 is 1.43 bits per heavy atom. The van der Waals surface area contributed by atoms with Crippen LogP contribution in [-0.4, -0.2) is 74.2 Å². The Bertz CT molecular complexity index is 1840. The monoisotopic (exact) mass is 890 g/mol. The fraction of sp³-hybridized carbons (Fsp3) is 0.500. The lowest BCUT2D eigenvalue weighted by atomic mass is 9.74. The predicted octanol–water partition coefficient (Wildman–Crippen LogP) is 9.58. The van der Waals surface area contributed by atoms with Crippen LogP contribution in [0.15, 0.2) is 82.8 Å². The Kier molecular flexibility index (Phi) is 18.8. The SMILES string of the molecule is O=[PH](OCCCNCc1cc(F)c(SCCCCC2(c3ccccc3F)COC2)cn1)OCCCNCc1cc(F)c(SCCCCC2(c3ccccc3F)COC2)cn1. The average molecular weight is 891 g/mol. The minimum atomic E-state index is -2.63. The van der Waals surface area contributed by atoms with Gasteiger partial charge in [-0.15, -0.1) is 23.5 Å². The minimum Gasteiger partial charge on any atom is -0.379 e. The Hall–Kier alpha value is -2.85. The molecule has 2 aromatic heterocycles. The van der Waals surface area contributed by atoms with Gasteiger partial charge in [0, 0.05) is 36.3 Å². The van der Waals surface area contributed by atoms with E-state index in [-0.39, 0.29) is 47.3 Å². The molecule has 2 aliphatic heterocycles. The van der Waals surface area contributed by atoms with Gasteiger partial charge in [0.2, 0.25) is 0 Å². The van der Waals surface area contributed by atoms with Gasteiger partial charge in [0.05, 0.1) is 60.8 Å². The maximum Gasteiger partial charge on any atom is 0.319 e. The molecule has 2 saturated heterocycles. The summed E-state index contributed by atoms with van der Waals surface area (Å²) in [4.78, 5) is 9.80. The zero-order valence-corrected chi connectivity index (χ0v) is 36.5. The molecule has 0 atom stereocenters. The van der Waals surface area contributed by atoms with Crippen LogP contribution in [-0.2, 0) is 47.0 Å². The van der Waals surface area contributed by atoms with Crippen LogP contribution < -0.4 is 10.6 Å². The van der Waals surface area contributed by atoms with E-state index < -0.39 is 8.25 Å². The van der Waals surface area contributed by atoms with Crippen LogP contribution in [0, 0.1) is 23.3 Å². The van der Waals surface area contributed by atoms with E-state index in [0.717, 1.165) is 61.2 Å². The number of pyridine rings is 2. The second-order valence-electron chi connectivity index (χ2n) is 15.3. The van der Waals surface area contributed by atoms with Gasteiger partial charge in [0.1, 0.15) is 23.3 Å². The Morgan fingerprint density at radius 2 is 1.05 bits per heavy atom. The molecule has 2 aliphatic rings. The van der Waals surface area contributed by atoms with Crippen molar-refractivity contribution >= 4 is 31.8 Å². The van der Waals surface area contributed by atoms with Gasteiger partial charge in [-0.1, -0.05) is 49.2 Å². The topological polar surface area (TPSA) is 104 Å². The summed E-state index contributed by atoms with van der Waals surface area (Å²) in [6, 6.07) is 16.7. The number of benzene rings is 2. The highest BCUT2D eigenvalue weighted by Gasteiger charge is 2.42. The van der Waals surface area contributed by atoms with E-state index in [9.17, 15) is 22.1 Å². The van der Waals surface area contributed by atoms with Gasteiger partial charge in [0.15, 0.2) is 0 Å². The van der Waals surface area contributed by atoms with Gasteiger partial charge in [0.25, 0.3) is 0 Å². The molecule has 16 heteroatoms. The molecule has 0 spiro atoms. The Labute approximate surface area is 359 Å². The molecular formula is C44H55F4N4O5PS2. The van der Waals surface area contributed by atoms with Crippen molar-refractivity contribution in [3.8, 4) is 0 Å². The van der Waals surface area contributed by atoms with Crippen LogP contribution in [0.3, 0.4) is 0 Å². The molecule has 4 heterocycles. The number of unbranched alkanes of at least 4 members (excludes halogenated alkanes) is 2. The second kappa shape index (κ2) is 24.1. The molecule has 0 aliphatic carbocycles. The number of ether oxygens (including phenoxy) is 2. The molecule has 9 nitrogen and oxygen atoms in total. The first-order valence-electron chi connectivity index (χ1n) is 20.7. The molecule has 2 aromatic carbocycles. The number of halogens is 4. The van der Waals surface area contributed by atoms with Gasteiger partial charge >= 0.3 is 8.25 Å². The third-order valence-corrected chi connectivity index (χ3v) is 13.9. The predicted molar refractivity (Wildman–Crippen MR) is 229 cm³/mol. The van der Waals surface area contributed by atoms with Gasteiger partial charge in [-0.2, -0.15) is 0 Å². The van der Waals surface area contributed by atoms with E-state index in [1.165, 1.54) is 47.8 Å². The molecule has 2 N–H and O–H groups in total. The number of hydrogen-bond donors (Lipinski definition) is 2.